The quantitative estimate of drug-likeness (QED) is 0.839. The molecule has 4 nitrogen and oxygen atoms in total. The van der Waals surface area contributed by atoms with Crippen molar-refractivity contribution in [2.75, 3.05) is 26.7 Å². The molecule has 0 unspecified atom stereocenters. The zero-order valence-electron chi connectivity index (χ0n) is 12.8. The summed E-state index contributed by atoms with van der Waals surface area (Å²) < 4.78 is 5.25. The second-order valence-corrected chi connectivity index (χ2v) is 5.84. The average molecular weight is 291 g/mol. The van der Waals surface area contributed by atoms with Crippen molar-refractivity contribution in [2.24, 2.45) is 5.92 Å². The van der Waals surface area contributed by atoms with Gasteiger partial charge in [0.2, 0.25) is 0 Å². The third-order valence-electron chi connectivity index (χ3n) is 4.22. The number of aliphatic carboxylic acids is 1. The van der Waals surface area contributed by atoms with E-state index in [1.807, 2.05) is 12.1 Å². The van der Waals surface area contributed by atoms with Crippen LogP contribution in [0.1, 0.15) is 31.2 Å². The van der Waals surface area contributed by atoms with E-state index in [0.717, 1.165) is 31.7 Å². The molecule has 0 bridgehead atoms. The number of methoxy groups -OCH3 is 1. The Morgan fingerprint density at radius 2 is 2.33 bits per heavy atom. The maximum Gasteiger partial charge on any atom is 0.304 e. The van der Waals surface area contributed by atoms with E-state index in [1.165, 1.54) is 18.4 Å². The van der Waals surface area contributed by atoms with Gasteiger partial charge in [0.05, 0.1) is 13.5 Å². The molecule has 0 aliphatic carbocycles. The fourth-order valence-corrected chi connectivity index (χ4v) is 3.04. The molecule has 0 aromatic heterocycles. The van der Waals surface area contributed by atoms with Gasteiger partial charge in [-0.25, -0.2) is 0 Å². The lowest BCUT2D eigenvalue weighted by Gasteiger charge is -2.32. The van der Waals surface area contributed by atoms with Crippen molar-refractivity contribution in [1.82, 2.24) is 4.90 Å². The number of ether oxygens (including phenoxy) is 1. The summed E-state index contributed by atoms with van der Waals surface area (Å²) in [4.78, 5) is 13.0. The number of benzene rings is 1. The first-order chi connectivity index (χ1) is 10.2. The molecular formula is C17H25NO3. The Morgan fingerprint density at radius 1 is 1.48 bits per heavy atom. The van der Waals surface area contributed by atoms with Gasteiger partial charge in [-0.1, -0.05) is 12.1 Å². The molecule has 0 amide bonds. The number of carboxylic acids is 1. The Hall–Kier alpha value is -1.55. The van der Waals surface area contributed by atoms with E-state index in [-0.39, 0.29) is 6.42 Å². The lowest BCUT2D eigenvalue weighted by molar-refractivity contribution is -0.137. The average Bonchev–Trinajstić information content (AvgIpc) is 2.51. The van der Waals surface area contributed by atoms with Gasteiger partial charge in [0, 0.05) is 13.1 Å². The van der Waals surface area contributed by atoms with Gasteiger partial charge in [0.25, 0.3) is 0 Å². The molecule has 1 saturated heterocycles. The summed E-state index contributed by atoms with van der Waals surface area (Å²) in [5.41, 5.74) is 1.32. The van der Waals surface area contributed by atoms with Crippen molar-refractivity contribution in [2.45, 2.75) is 32.1 Å². The molecule has 1 N–H and O–H groups in total. The van der Waals surface area contributed by atoms with Crippen LogP contribution in [0.3, 0.4) is 0 Å². The first-order valence-corrected chi connectivity index (χ1v) is 7.74. The largest absolute Gasteiger partial charge is 0.497 e. The third-order valence-corrected chi connectivity index (χ3v) is 4.22. The summed E-state index contributed by atoms with van der Waals surface area (Å²) >= 11 is 0. The highest BCUT2D eigenvalue weighted by molar-refractivity contribution is 5.66. The highest BCUT2D eigenvalue weighted by atomic mass is 16.5. The summed E-state index contributed by atoms with van der Waals surface area (Å²) in [6.45, 7) is 2.77. The minimum absolute atomic E-state index is 0.253. The van der Waals surface area contributed by atoms with Crippen molar-refractivity contribution >= 4 is 5.97 Å². The smallest absolute Gasteiger partial charge is 0.304 e. The number of hydrogen-bond acceptors (Lipinski definition) is 3. The van der Waals surface area contributed by atoms with Gasteiger partial charge in [-0.15, -0.1) is 0 Å². The molecule has 0 saturated carbocycles. The van der Waals surface area contributed by atoms with Crippen molar-refractivity contribution in [3.63, 3.8) is 0 Å². The summed E-state index contributed by atoms with van der Waals surface area (Å²) in [6.07, 6.45) is 4.92. The summed E-state index contributed by atoms with van der Waals surface area (Å²) in [7, 11) is 1.70. The predicted molar refractivity (Wildman–Crippen MR) is 82.7 cm³/mol. The minimum Gasteiger partial charge on any atom is -0.497 e. The van der Waals surface area contributed by atoms with E-state index in [2.05, 4.69) is 17.0 Å². The van der Waals surface area contributed by atoms with E-state index in [0.29, 0.717) is 12.5 Å². The second-order valence-electron chi connectivity index (χ2n) is 5.84. The maximum atomic E-state index is 10.7. The van der Waals surface area contributed by atoms with Crippen LogP contribution in [0.25, 0.3) is 0 Å². The van der Waals surface area contributed by atoms with Crippen LogP contribution >= 0.6 is 0 Å². The molecule has 116 valence electrons. The molecule has 21 heavy (non-hydrogen) atoms. The molecule has 1 aliphatic heterocycles. The molecule has 1 fully saturated rings. The molecule has 1 atom stereocenters. The van der Waals surface area contributed by atoms with E-state index < -0.39 is 5.97 Å². The summed E-state index contributed by atoms with van der Waals surface area (Å²) in [5.74, 6) is 0.895. The van der Waals surface area contributed by atoms with E-state index >= 15 is 0 Å². The Morgan fingerprint density at radius 3 is 3.10 bits per heavy atom. The fourth-order valence-electron chi connectivity index (χ4n) is 3.04. The van der Waals surface area contributed by atoms with Crippen LogP contribution < -0.4 is 4.74 Å². The van der Waals surface area contributed by atoms with E-state index in [4.69, 9.17) is 9.84 Å². The molecular weight excluding hydrogens is 266 g/mol. The molecule has 1 aliphatic rings. The van der Waals surface area contributed by atoms with Crippen LogP contribution in [-0.4, -0.2) is 42.7 Å². The zero-order valence-corrected chi connectivity index (χ0v) is 12.8. The first-order valence-electron chi connectivity index (χ1n) is 7.74. The number of likely N-dealkylation sites (tertiary alicyclic amines) is 1. The molecule has 0 spiro atoms. The van der Waals surface area contributed by atoms with Gasteiger partial charge in [-0.3, -0.25) is 4.79 Å². The minimum atomic E-state index is -0.700. The Balaban J connectivity index is 1.78. The molecule has 4 heteroatoms. The van der Waals surface area contributed by atoms with E-state index in [1.54, 1.807) is 7.11 Å². The molecule has 0 radical (unpaired) electrons. The van der Waals surface area contributed by atoms with Gasteiger partial charge in [-0.05, 0) is 55.8 Å². The number of piperidine rings is 1. The van der Waals surface area contributed by atoms with Crippen molar-refractivity contribution in [3.05, 3.63) is 29.8 Å². The molecule has 2 rings (SSSR count). The van der Waals surface area contributed by atoms with Gasteiger partial charge in [0.1, 0.15) is 5.75 Å². The normalized spacial score (nSPS) is 19.4. The zero-order chi connectivity index (χ0) is 15.1. The number of carbonyl (C=O) groups is 1. The topological polar surface area (TPSA) is 49.8 Å². The monoisotopic (exact) mass is 291 g/mol. The van der Waals surface area contributed by atoms with Crippen molar-refractivity contribution < 1.29 is 14.6 Å². The van der Waals surface area contributed by atoms with Crippen LogP contribution in [0.4, 0.5) is 0 Å². The van der Waals surface area contributed by atoms with Gasteiger partial charge in [0.15, 0.2) is 0 Å². The van der Waals surface area contributed by atoms with Crippen LogP contribution in [0.15, 0.2) is 24.3 Å². The molecule has 1 heterocycles. The number of aryl methyl sites for hydroxylation is 1. The number of hydrogen-bond donors (Lipinski definition) is 1. The van der Waals surface area contributed by atoms with Gasteiger partial charge in [-0.2, -0.15) is 0 Å². The lowest BCUT2D eigenvalue weighted by atomic mass is 9.91. The summed E-state index contributed by atoms with van der Waals surface area (Å²) in [5, 5.41) is 8.77. The van der Waals surface area contributed by atoms with Crippen LogP contribution in [0.2, 0.25) is 0 Å². The SMILES string of the molecule is COc1cccc(CC[C@@H]2CCCN(CCC(=O)O)C2)c1. The number of carboxylic acid groups (broad SMARTS) is 1. The molecule has 1 aromatic carbocycles. The highest BCUT2D eigenvalue weighted by Gasteiger charge is 2.20. The van der Waals surface area contributed by atoms with E-state index in [9.17, 15) is 4.79 Å². The van der Waals surface area contributed by atoms with Gasteiger partial charge < -0.3 is 14.7 Å². The Labute approximate surface area is 126 Å². The standard InChI is InChI=1S/C17H25NO3/c1-21-16-6-2-4-14(12-16)7-8-15-5-3-10-18(13-15)11-9-17(19)20/h2,4,6,12,15H,3,5,7-11,13H2,1H3,(H,19,20)/t15-/m0/s1. The first kappa shape index (κ1) is 15.8. The van der Waals surface area contributed by atoms with Crippen LogP contribution in [0.5, 0.6) is 5.75 Å². The van der Waals surface area contributed by atoms with Crippen molar-refractivity contribution in [1.29, 1.82) is 0 Å². The summed E-state index contributed by atoms with van der Waals surface area (Å²) in [6, 6.07) is 8.25. The third kappa shape index (κ3) is 5.38. The Kier molecular flexibility index (Phi) is 6.05. The second kappa shape index (κ2) is 8.03. The lowest BCUT2D eigenvalue weighted by Crippen LogP contribution is -2.36. The number of rotatable bonds is 7. The van der Waals surface area contributed by atoms with Gasteiger partial charge >= 0.3 is 5.97 Å². The Bertz CT molecular complexity index is 461. The fraction of sp³-hybridized carbons (Fsp3) is 0.588. The van der Waals surface area contributed by atoms with Crippen LogP contribution in [-0.2, 0) is 11.2 Å². The maximum absolute atomic E-state index is 10.7. The molecule has 1 aromatic rings. The predicted octanol–water partition coefficient (Wildman–Crippen LogP) is 2.81. The van der Waals surface area contributed by atoms with Crippen LogP contribution in [0, 0.1) is 5.92 Å². The van der Waals surface area contributed by atoms with Crippen molar-refractivity contribution in [3.8, 4) is 5.75 Å². The number of nitrogens with zero attached hydrogens (tertiary/aromatic N) is 1. The highest BCUT2D eigenvalue weighted by Crippen LogP contribution is 2.23.